The van der Waals surface area contributed by atoms with Crippen LogP contribution < -0.4 is 10.6 Å². The molecule has 0 aromatic rings. The Hall–Kier alpha value is -1.28. The monoisotopic (exact) mass is 394 g/mol. The average Bonchev–Trinajstić information content (AvgIpc) is 3.38. The van der Waals surface area contributed by atoms with Crippen molar-refractivity contribution in [3.63, 3.8) is 0 Å². The Morgan fingerprint density at radius 2 is 2.19 bits per heavy atom. The van der Waals surface area contributed by atoms with Crippen LogP contribution in [0.2, 0.25) is 0 Å². The van der Waals surface area contributed by atoms with Crippen LogP contribution in [0.15, 0.2) is 0 Å². The summed E-state index contributed by atoms with van der Waals surface area (Å²) in [7, 11) is 0. The molecule has 4 saturated heterocycles. The summed E-state index contributed by atoms with van der Waals surface area (Å²) in [5.41, 5.74) is 0. The summed E-state index contributed by atoms with van der Waals surface area (Å²) in [5, 5.41) is 6.29. The predicted octanol–water partition coefficient (Wildman–Crippen LogP) is 0.547. The first-order valence-electron chi connectivity index (χ1n) is 10.2. The van der Waals surface area contributed by atoms with Crippen LogP contribution in [0.3, 0.4) is 0 Å². The lowest BCUT2D eigenvalue weighted by atomic mass is 9.97. The summed E-state index contributed by atoms with van der Waals surface area (Å²) in [5.74, 6) is 1.29. The summed E-state index contributed by atoms with van der Waals surface area (Å²) in [6, 6.07) is -0.369. The first-order valence-corrected chi connectivity index (χ1v) is 11.2. The highest BCUT2D eigenvalue weighted by Gasteiger charge is 2.53. The molecule has 4 unspecified atom stereocenters. The highest BCUT2D eigenvalue weighted by Crippen LogP contribution is 2.47. The minimum Gasteiger partial charge on any atom is -0.354 e. The van der Waals surface area contributed by atoms with Gasteiger partial charge in [-0.15, -0.1) is 11.8 Å². The number of amides is 3. The molecule has 4 aliphatic heterocycles. The Morgan fingerprint density at radius 3 is 2.96 bits per heavy atom. The van der Waals surface area contributed by atoms with Crippen molar-refractivity contribution in [1.82, 2.24) is 20.4 Å². The van der Waals surface area contributed by atoms with Gasteiger partial charge in [0.2, 0.25) is 17.7 Å². The molecule has 3 amide bonds. The first-order chi connectivity index (χ1) is 13.0. The Kier molecular flexibility index (Phi) is 5.38. The minimum atomic E-state index is -0.314. The van der Waals surface area contributed by atoms with Gasteiger partial charge in [-0.2, -0.15) is 0 Å². The van der Waals surface area contributed by atoms with Crippen LogP contribution in [0.1, 0.15) is 45.4 Å². The van der Waals surface area contributed by atoms with Gasteiger partial charge >= 0.3 is 0 Å². The first kappa shape index (κ1) is 19.1. The van der Waals surface area contributed by atoms with Crippen LogP contribution in [0.25, 0.3) is 0 Å². The lowest BCUT2D eigenvalue weighted by Crippen LogP contribution is -2.54. The molecule has 0 aromatic carbocycles. The lowest BCUT2D eigenvalue weighted by Gasteiger charge is -2.37. The fourth-order valence-corrected chi connectivity index (χ4v) is 6.35. The summed E-state index contributed by atoms with van der Waals surface area (Å²) in [6.45, 7) is 5.06. The summed E-state index contributed by atoms with van der Waals surface area (Å²) < 4.78 is 0. The van der Waals surface area contributed by atoms with E-state index in [9.17, 15) is 14.4 Å². The fraction of sp³-hybridized carbons (Fsp3) is 0.842. The number of rotatable bonds is 4. The van der Waals surface area contributed by atoms with Crippen molar-refractivity contribution in [3.05, 3.63) is 0 Å². The molecule has 27 heavy (non-hydrogen) atoms. The standard InChI is InChI=1S/C19H30N4O3S/c1-19-7-6-16(24)23(19)15(12-27-19)18(26)22-9-3-4-13(11-22)10-21-17(25)14-5-2-8-20-14/h13-15,20H,2-12H2,1H3,(H,21,25). The van der Waals surface area contributed by atoms with E-state index in [2.05, 4.69) is 17.6 Å². The van der Waals surface area contributed by atoms with E-state index in [4.69, 9.17) is 0 Å². The topological polar surface area (TPSA) is 81.8 Å². The highest BCUT2D eigenvalue weighted by molar-refractivity contribution is 8.01. The third-order valence-electron chi connectivity index (χ3n) is 6.50. The van der Waals surface area contributed by atoms with E-state index in [0.717, 1.165) is 45.2 Å². The zero-order valence-electron chi connectivity index (χ0n) is 16.0. The maximum atomic E-state index is 13.1. The minimum absolute atomic E-state index is 0.0549. The van der Waals surface area contributed by atoms with Crippen LogP contribution in [0.5, 0.6) is 0 Å². The van der Waals surface area contributed by atoms with E-state index >= 15 is 0 Å². The molecule has 8 heteroatoms. The number of thioether (sulfide) groups is 1. The molecule has 150 valence electrons. The average molecular weight is 395 g/mol. The predicted molar refractivity (Wildman–Crippen MR) is 104 cm³/mol. The van der Waals surface area contributed by atoms with Crippen molar-refractivity contribution in [2.24, 2.45) is 5.92 Å². The zero-order chi connectivity index (χ0) is 19.0. The van der Waals surface area contributed by atoms with E-state index < -0.39 is 0 Å². The fourth-order valence-electron chi connectivity index (χ4n) is 4.92. The number of hydrogen-bond donors (Lipinski definition) is 2. The molecule has 0 radical (unpaired) electrons. The van der Waals surface area contributed by atoms with Gasteiger partial charge in [-0.3, -0.25) is 14.4 Å². The van der Waals surface area contributed by atoms with Gasteiger partial charge in [0.25, 0.3) is 0 Å². The van der Waals surface area contributed by atoms with E-state index in [1.807, 2.05) is 9.80 Å². The molecule has 2 N–H and O–H groups in total. The van der Waals surface area contributed by atoms with Gasteiger partial charge in [0.05, 0.1) is 10.9 Å². The highest BCUT2D eigenvalue weighted by atomic mass is 32.2. The quantitative estimate of drug-likeness (QED) is 0.728. The largest absolute Gasteiger partial charge is 0.354 e. The smallest absolute Gasteiger partial charge is 0.246 e. The number of nitrogens with zero attached hydrogens (tertiary/aromatic N) is 2. The van der Waals surface area contributed by atoms with Crippen LogP contribution >= 0.6 is 11.8 Å². The number of piperidine rings is 1. The van der Waals surface area contributed by atoms with Crippen molar-refractivity contribution < 1.29 is 14.4 Å². The number of likely N-dealkylation sites (tertiary alicyclic amines) is 1. The van der Waals surface area contributed by atoms with Gasteiger partial charge in [0.1, 0.15) is 6.04 Å². The normalized spacial score (nSPS) is 36.2. The number of carbonyl (C=O) groups excluding carboxylic acids is 3. The Labute approximate surface area is 165 Å². The Morgan fingerprint density at radius 1 is 1.33 bits per heavy atom. The second kappa shape index (κ2) is 7.62. The van der Waals surface area contributed by atoms with Crippen molar-refractivity contribution in [2.45, 2.75) is 62.4 Å². The Bertz CT molecular complexity index is 624. The molecule has 4 atom stereocenters. The van der Waals surface area contributed by atoms with Crippen molar-refractivity contribution >= 4 is 29.5 Å². The van der Waals surface area contributed by atoms with E-state index in [1.165, 1.54) is 0 Å². The van der Waals surface area contributed by atoms with Gasteiger partial charge in [-0.1, -0.05) is 0 Å². The molecule has 0 aromatic heterocycles. The maximum absolute atomic E-state index is 13.1. The molecule has 4 heterocycles. The number of hydrogen-bond acceptors (Lipinski definition) is 5. The Balaban J connectivity index is 1.32. The molecule has 7 nitrogen and oxygen atoms in total. The van der Waals surface area contributed by atoms with E-state index in [-0.39, 0.29) is 34.7 Å². The van der Waals surface area contributed by atoms with E-state index in [0.29, 0.717) is 31.2 Å². The van der Waals surface area contributed by atoms with Gasteiger partial charge in [0.15, 0.2) is 0 Å². The molecular formula is C19H30N4O3S. The van der Waals surface area contributed by atoms with E-state index in [1.54, 1.807) is 11.8 Å². The van der Waals surface area contributed by atoms with Crippen LogP contribution in [-0.4, -0.2) is 76.4 Å². The van der Waals surface area contributed by atoms with Crippen LogP contribution in [-0.2, 0) is 14.4 Å². The molecule has 4 fully saturated rings. The number of carbonyl (C=O) groups is 3. The second-order valence-electron chi connectivity index (χ2n) is 8.45. The SMILES string of the molecule is CC12CCC(=O)N1C(C(=O)N1CCCC(CNC(=O)C3CCCN3)C1)CS2. The summed E-state index contributed by atoms with van der Waals surface area (Å²) in [6.07, 6.45) is 5.34. The maximum Gasteiger partial charge on any atom is 0.246 e. The van der Waals surface area contributed by atoms with Gasteiger partial charge in [0, 0.05) is 31.8 Å². The van der Waals surface area contributed by atoms with Crippen molar-refractivity contribution in [3.8, 4) is 0 Å². The van der Waals surface area contributed by atoms with Gasteiger partial charge < -0.3 is 20.4 Å². The number of fused-ring (bicyclic) bond motifs is 1. The molecule has 0 bridgehead atoms. The number of nitrogens with one attached hydrogen (secondary N) is 2. The molecule has 4 rings (SSSR count). The molecular weight excluding hydrogens is 364 g/mol. The molecule has 4 aliphatic rings. The summed E-state index contributed by atoms with van der Waals surface area (Å²) in [4.78, 5) is 41.2. The van der Waals surface area contributed by atoms with Crippen LogP contribution in [0, 0.1) is 5.92 Å². The van der Waals surface area contributed by atoms with Gasteiger partial charge in [-0.05, 0) is 51.5 Å². The molecule has 0 saturated carbocycles. The third kappa shape index (κ3) is 3.70. The molecule has 0 spiro atoms. The summed E-state index contributed by atoms with van der Waals surface area (Å²) >= 11 is 1.74. The lowest BCUT2D eigenvalue weighted by molar-refractivity contribution is -0.145. The van der Waals surface area contributed by atoms with Crippen molar-refractivity contribution in [1.29, 1.82) is 0 Å². The second-order valence-corrected chi connectivity index (χ2v) is 9.95. The van der Waals surface area contributed by atoms with Crippen LogP contribution in [0.4, 0.5) is 0 Å². The molecule has 0 aliphatic carbocycles. The van der Waals surface area contributed by atoms with Crippen molar-refractivity contribution in [2.75, 3.05) is 31.9 Å². The van der Waals surface area contributed by atoms with Gasteiger partial charge in [-0.25, -0.2) is 0 Å². The third-order valence-corrected chi connectivity index (χ3v) is 8.01. The zero-order valence-corrected chi connectivity index (χ0v) is 16.9.